The normalized spacial score (nSPS) is 15.4. The minimum Gasteiger partial charge on any atom is -0.390 e. The van der Waals surface area contributed by atoms with Gasteiger partial charge in [-0.3, -0.25) is 0 Å². The zero-order valence-electron chi connectivity index (χ0n) is 9.22. The highest BCUT2D eigenvalue weighted by Gasteiger charge is 2.25. The van der Waals surface area contributed by atoms with Gasteiger partial charge in [-0.2, -0.15) is 0 Å². The minimum absolute atomic E-state index is 0.206. The zero-order valence-corrected chi connectivity index (χ0v) is 11.6. The first kappa shape index (κ1) is 13.0. The monoisotopic (exact) mass is 290 g/mol. The van der Waals surface area contributed by atoms with Crippen LogP contribution in [-0.4, -0.2) is 10.7 Å². The molecule has 1 nitrogen and oxygen atoms in total. The molecule has 1 aromatic rings. The highest BCUT2D eigenvalue weighted by atomic mass is 79.9. The molecular weight excluding hydrogens is 275 g/mol. The summed E-state index contributed by atoms with van der Waals surface area (Å²) in [7, 11) is 0. The number of benzene rings is 1. The Kier molecular flexibility index (Phi) is 4.21. The molecule has 1 aromatic carbocycles. The van der Waals surface area contributed by atoms with Crippen molar-refractivity contribution < 1.29 is 5.11 Å². The minimum atomic E-state index is -0.711. The fourth-order valence-corrected chi connectivity index (χ4v) is 1.99. The first-order valence-electron chi connectivity index (χ1n) is 4.99. The van der Waals surface area contributed by atoms with Crippen molar-refractivity contribution in [3.05, 3.63) is 33.3 Å². The van der Waals surface area contributed by atoms with Gasteiger partial charge in [0.2, 0.25) is 0 Å². The van der Waals surface area contributed by atoms with Gasteiger partial charge < -0.3 is 5.11 Å². The van der Waals surface area contributed by atoms with Gasteiger partial charge in [-0.1, -0.05) is 47.4 Å². The number of aliphatic hydroxyl groups is 1. The van der Waals surface area contributed by atoms with E-state index in [0.717, 1.165) is 10.0 Å². The molecule has 0 spiro atoms. The predicted octanol–water partition coefficient (Wildman–Crippen LogP) is 4.05. The molecule has 0 heterocycles. The van der Waals surface area contributed by atoms with Gasteiger partial charge in [-0.05, 0) is 30.5 Å². The molecule has 0 bridgehead atoms. The van der Waals surface area contributed by atoms with E-state index in [4.69, 9.17) is 11.6 Å². The van der Waals surface area contributed by atoms with Crippen LogP contribution in [0.5, 0.6) is 0 Å². The van der Waals surface area contributed by atoms with Crippen molar-refractivity contribution in [1.29, 1.82) is 0 Å². The highest BCUT2D eigenvalue weighted by Crippen LogP contribution is 2.28. The zero-order chi connectivity index (χ0) is 11.6. The molecule has 3 heteroatoms. The van der Waals surface area contributed by atoms with Gasteiger partial charge in [0, 0.05) is 15.9 Å². The lowest BCUT2D eigenvalue weighted by atomic mass is 9.86. The average molecular weight is 292 g/mol. The quantitative estimate of drug-likeness (QED) is 0.890. The number of rotatable bonds is 3. The Morgan fingerprint density at radius 1 is 1.47 bits per heavy atom. The summed E-state index contributed by atoms with van der Waals surface area (Å²) in [5, 5.41) is 10.9. The van der Waals surface area contributed by atoms with Crippen LogP contribution in [0.25, 0.3) is 0 Å². The second kappa shape index (κ2) is 4.86. The largest absolute Gasteiger partial charge is 0.390 e. The molecule has 1 rings (SSSR count). The molecule has 0 amide bonds. The Morgan fingerprint density at radius 2 is 2.07 bits per heavy atom. The van der Waals surface area contributed by atoms with Crippen LogP contribution in [0, 0.1) is 5.92 Å². The molecule has 1 N–H and O–H groups in total. The third kappa shape index (κ3) is 3.47. The van der Waals surface area contributed by atoms with E-state index >= 15 is 0 Å². The second-order valence-corrected chi connectivity index (χ2v) is 5.75. The van der Waals surface area contributed by atoms with E-state index in [1.165, 1.54) is 0 Å². The van der Waals surface area contributed by atoms with E-state index < -0.39 is 5.60 Å². The Balaban J connectivity index is 2.90. The lowest BCUT2D eigenvalue weighted by Gasteiger charge is -2.28. The molecule has 0 aliphatic heterocycles. The molecule has 15 heavy (non-hydrogen) atoms. The Hall–Kier alpha value is -0.0500. The summed E-state index contributed by atoms with van der Waals surface area (Å²) < 4.78 is 0.959. The van der Waals surface area contributed by atoms with Gasteiger partial charge in [0.25, 0.3) is 0 Å². The molecule has 0 radical (unpaired) electrons. The van der Waals surface area contributed by atoms with E-state index in [1.807, 2.05) is 39.0 Å². The molecule has 0 saturated heterocycles. The molecule has 84 valence electrons. The van der Waals surface area contributed by atoms with Gasteiger partial charge in [0.05, 0.1) is 5.60 Å². The molecule has 0 aliphatic carbocycles. The van der Waals surface area contributed by atoms with E-state index in [9.17, 15) is 5.11 Å². The summed E-state index contributed by atoms with van der Waals surface area (Å²) in [6.07, 6.45) is 0.580. The lowest BCUT2D eigenvalue weighted by molar-refractivity contribution is 0.0140. The van der Waals surface area contributed by atoms with E-state index in [-0.39, 0.29) is 5.92 Å². The van der Waals surface area contributed by atoms with E-state index in [0.29, 0.717) is 11.4 Å². The maximum atomic E-state index is 10.2. The number of hydrogen-bond donors (Lipinski definition) is 1. The molecule has 1 unspecified atom stereocenters. The van der Waals surface area contributed by atoms with Crippen LogP contribution in [-0.2, 0) is 6.42 Å². The number of hydrogen-bond acceptors (Lipinski definition) is 1. The average Bonchev–Trinajstić information content (AvgIpc) is 2.09. The lowest BCUT2D eigenvalue weighted by Crippen LogP contribution is -2.33. The Morgan fingerprint density at radius 3 is 2.53 bits per heavy atom. The van der Waals surface area contributed by atoms with Gasteiger partial charge in [0.1, 0.15) is 0 Å². The highest BCUT2D eigenvalue weighted by molar-refractivity contribution is 9.10. The maximum absolute atomic E-state index is 10.2. The smallest absolute Gasteiger partial charge is 0.0683 e. The summed E-state index contributed by atoms with van der Waals surface area (Å²) in [4.78, 5) is 0. The van der Waals surface area contributed by atoms with Crippen molar-refractivity contribution in [3.63, 3.8) is 0 Å². The van der Waals surface area contributed by atoms with E-state index in [1.54, 1.807) is 0 Å². The van der Waals surface area contributed by atoms with Crippen LogP contribution in [0.15, 0.2) is 22.7 Å². The first-order valence-corrected chi connectivity index (χ1v) is 6.16. The van der Waals surface area contributed by atoms with Crippen LogP contribution in [0.3, 0.4) is 0 Å². The van der Waals surface area contributed by atoms with Crippen molar-refractivity contribution in [2.75, 3.05) is 0 Å². The summed E-state index contributed by atoms with van der Waals surface area (Å²) >= 11 is 9.46. The SMILES string of the molecule is CC(C)C(C)(O)Cc1ccc(Br)cc1Cl. The van der Waals surface area contributed by atoms with Crippen molar-refractivity contribution in [2.24, 2.45) is 5.92 Å². The maximum Gasteiger partial charge on any atom is 0.0683 e. The van der Waals surface area contributed by atoms with Crippen molar-refractivity contribution in [1.82, 2.24) is 0 Å². The predicted molar refractivity (Wildman–Crippen MR) is 68.3 cm³/mol. The fourth-order valence-electron chi connectivity index (χ4n) is 1.25. The summed E-state index contributed by atoms with van der Waals surface area (Å²) in [6.45, 7) is 5.86. The van der Waals surface area contributed by atoms with Gasteiger partial charge in [0.15, 0.2) is 0 Å². The molecular formula is C12H16BrClO. The fraction of sp³-hybridized carbons (Fsp3) is 0.500. The van der Waals surface area contributed by atoms with Crippen LogP contribution in [0.1, 0.15) is 26.3 Å². The molecule has 1 atom stereocenters. The Labute approximate surface area is 105 Å². The van der Waals surface area contributed by atoms with Crippen LogP contribution in [0.2, 0.25) is 5.02 Å². The first-order chi connectivity index (χ1) is 6.83. The van der Waals surface area contributed by atoms with Gasteiger partial charge in [-0.15, -0.1) is 0 Å². The van der Waals surface area contributed by atoms with Crippen molar-refractivity contribution in [2.45, 2.75) is 32.8 Å². The van der Waals surface area contributed by atoms with E-state index in [2.05, 4.69) is 15.9 Å². The summed E-state index contributed by atoms with van der Waals surface area (Å²) in [6, 6.07) is 5.74. The Bertz CT molecular complexity index is 347. The number of halogens is 2. The third-order valence-corrected chi connectivity index (χ3v) is 3.65. The van der Waals surface area contributed by atoms with Crippen LogP contribution in [0.4, 0.5) is 0 Å². The summed E-state index contributed by atoms with van der Waals surface area (Å²) in [5.74, 6) is 0.206. The third-order valence-electron chi connectivity index (χ3n) is 2.81. The molecule has 0 fully saturated rings. The topological polar surface area (TPSA) is 20.2 Å². The molecule has 0 saturated carbocycles. The van der Waals surface area contributed by atoms with Crippen LogP contribution >= 0.6 is 27.5 Å². The van der Waals surface area contributed by atoms with Crippen LogP contribution < -0.4 is 0 Å². The van der Waals surface area contributed by atoms with Gasteiger partial charge >= 0.3 is 0 Å². The van der Waals surface area contributed by atoms with Crippen molar-refractivity contribution in [3.8, 4) is 0 Å². The molecule has 0 aromatic heterocycles. The summed E-state index contributed by atoms with van der Waals surface area (Å²) in [5.41, 5.74) is 0.274. The van der Waals surface area contributed by atoms with Gasteiger partial charge in [-0.25, -0.2) is 0 Å². The van der Waals surface area contributed by atoms with Crippen molar-refractivity contribution >= 4 is 27.5 Å². The second-order valence-electron chi connectivity index (χ2n) is 4.42. The molecule has 0 aliphatic rings. The standard InChI is InChI=1S/C12H16BrClO/c1-8(2)12(3,15)7-9-4-5-10(13)6-11(9)14/h4-6,8,15H,7H2,1-3H3.